The second-order valence-corrected chi connectivity index (χ2v) is 9.07. The number of aliphatic imine (C=N–C) groups is 1. The van der Waals surface area contributed by atoms with E-state index in [1.54, 1.807) is 18.2 Å². The van der Waals surface area contributed by atoms with Crippen LogP contribution in [0.5, 0.6) is 0 Å². The third-order valence-corrected chi connectivity index (χ3v) is 6.88. The van der Waals surface area contributed by atoms with Gasteiger partial charge in [-0.15, -0.1) is 0 Å². The number of carbonyl (C=O) groups excluding carboxylic acids is 1. The molecule has 0 unspecified atom stereocenters. The maximum Gasteiger partial charge on any atom is 0.283 e. The van der Waals surface area contributed by atoms with E-state index in [0.717, 1.165) is 29.1 Å². The molecule has 34 heavy (non-hydrogen) atoms. The summed E-state index contributed by atoms with van der Waals surface area (Å²) in [5.74, 6) is -0.845. The first-order valence-corrected chi connectivity index (χ1v) is 11.7. The third kappa shape index (κ3) is 3.80. The Labute approximate surface area is 201 Å². The molecule has 0 atom stereocenters. The predicted molar refractivity (Wildman–Crippen MR) is 135 cm³/mol. The van der Waals surface area contributed by atoms with Crippen molar-refractivity contribution in [3.63, 3.8) is 0 Å². The monoisotopic (exact) mass is 471 g/mol. The van der Waals surface area contributed by atoms with Gasteiger partial charge in [0.1, 0.15) is 10.9 Å². The van der Waals surface area contributed by atoms with E-state index in [-0.39, 0.29) is 17.2 Å². The topological polar surface area (TPSA) is 73.8 Å². The lowest BCUT2D eigenvalue weighted by atomic mass is 10.1. The number of benzene rings is 2. The Bertz CT molecular complexity index is 1410. The molecule has 0 radical (unpaired) electrons. The van der Waals surface area contributed by atoms with E-state index >= 15 is 0 Å². The van der Waals surface area contributed by atoms with Gasteiger partial charge in [-0.25, -0.2) is 4.39 Å². The molecule has 2 aliphatic heterocycles. The SMILES string of the molecule is CCc1ccc(-n2c(C)cc(C=C3C(=N)N4N=C(c5ccc(F)cc5)SC4=NC3=O)c2C)cc1. The first-order valence-electron chi connectivity index (χ1n) is 10.9. The fourth-order valence-electron chi connectivity index (χ4n) is 4.07. The van der Waals surface area contributed by atoms with Crippen molar-refractivity contribution < 1.29 is 9.18 Å². The number of hydrogen-bond acceptors (Lipinski definition) is 4. The van der Waals surface area contributed by atoms with Crippen LogP contribution in [0.15, 0.2) is 70.3 Å². The lowest BCUT2D eigenvalue weighted by Gasteiger charge is -2.20. The van der Waals surface area contributed by atoms with Crippen LogP contribution in [0.1, 0.15) is 35.0 Å². The molecule has 170 valence electrons. The molecule has 2 aromatic carbocycles. The summed E-state index contributed by atoms with van der Waals surface area (Å²) >= 11 is 1.19. The summed E-state index contributed by atoms with van der Waals surface area (Å²) < 4.78 is 15.4. The zero-order valence-corrected chi connectivity index (χ0v) is 19.8. The van der Waals surface area contributed by atoms with Crippen LogP contribution < -0.4 is 0 Å². The molecule has 0 aliphatic carbocycles. The van der Waals surface area contributed by atoms with Gasteiger partial charge in [0.2, 0.25) is 5.17 Å². The molecule has 0 saturated heterocycles. The number of nitrogens with zero attached hydrogens (tertiary/aromatic N) is 4. The third-order valence-electron chi connectivity index (χ3n) is 5.92. The number of aryl methyl sites for hydroxylation is 2. The summed E-state index contributed by atoms with van der Waals surface area (Å²) in [7, 11) is 0. The van der Waals surface area contributed by atoms with Gasteiger partial charge in [0.25, 0.3) is 5.91 Å². The number of amidine groups is 2. The number of carbonyl (C=O) groups is 1. The molecule has 6 nitrogen and oxygen atoms in total. The number of hydrazone groups is 1. The summed E-state index contributed by atoms with van der Waals surface area (Å²) in [6, 6.07) is 16.3. The molecule has 8 heteroatoms. The van der Waals surface area contributed by atoms with Crippen molar-refractivity contribution in [3.05, 3.63) is 94.1 Å². The number of fused-ring (bicyclic) bond motifs is 1. The predicted octanol–water partition coefficient (Wildman–Crippen LogP) is 5.46. The van der Waals surface area contributed by atoms with E-state index < -0.39 is 5.91 Å². The molecule has 1 amide bonds. The molecule has 1 N–H and O–H groups in total. The summed E-state index contributed by atoms with van der Waals surface area (Å²) in [5, 5.41) is 15.4. The van der Waals surface area contributed by atoms with Gasteiger partial charge in [-0.3, -0.25) is 10.2 Å². The van der Waals surface area contributed by atoms with Crippen molar-refractivity contribution in [1.82, 2.24) is 9.58 Å². The van der Waals surface area contributed by atoms with Crippen molar-refractivity contribution in [1.29, 1.82) is 5.41 Å². The average molecular weight is 472 g/mol. The maximum atomic E-state index is 13.3. The zero-order valence-electron chi connectivity index (χ0n) is 19.0. The molecule has 0 bridgehead atoms. The van der Waals surface area contributed by atoms with E-state index in [9.17, 15) is 9.18 Å². The lowest BCUT2D eigenvalue weighted by molar-refractivity contribution is -0.114. The second-order valence-electron chi connectivity index (χ2n) is 8.11. The van der Waals surface area contributed by atoms with E-state index in [2.05, 4.69) is 45.9 Å². The van der Waals surface area contributed by atoms with Crippen LogP contribution in [-0.4, -0.2) is 31.5 Å². The molecule has 0 spiro atoms. The highest BCUT2D eigenvalue weighted by atomic mass is 32.2. The van der Waals surface area contributed by atoms with E-state index in [1.807, 2.05) is 19.9 Å². The molecule has 5 rings (SSSR count). The summed E-state index contributed by atoms with van der Waals surface area (Å²) in [6.07, 6.45) is 2.69. The van der Waals surface area contributed by atoms with Gasteiger partial charge in [-0.1, -0.05) is 19.1 Å². The lowest BCUT2D eigenvalue weighted by Crippen LogP contribution is -2.35. The van der Waals surface area contributed by atoms with Crippen molar-refractivity contribution in [3.8, 4) is 5.69 Å². The largest absolute Gasteiger partial charge is 0.318 e. The Balaban J connectivity index is 1.49. The Morgan fingerprint density at radius 2 is 1.79 bits per heavy atom. The van der Waals surface area contributed by atoms with E-state index in [0.29, 0.717) is 15.8 Å². The van der Waals surface area contributed by atoms with Crippen molar-refractivity contribution in [2.45, 2.75) is 27.2 Å². The second kappa shape index (κ2) is 8.53. The number of hydrogen-bond donors (Lipinski definition) is 1. The normalized spacial score (nSPS) is 16.7. The van der Waals surface area contributed by atoms with Gasteiger partial charge in [0, 0.05) is 22.6 Å². The van der Waals surface area contributed by atoms with Gasteiger partial charge >= 0.3 is 0 Å². The quantitative estimate of drug-likeness (QED) is 0.513. The Morgan fingerprint density at radius 3 is 2.47 bits per heavy atom. The number of amides is 1. The van der Waals surface area contributed by atoms with Crippen LogP contribution in [0, 0.1) is 25.1 Å². The Hall–Kier alpha value is -3.78. The highest BCUT2D eigenvalue weighted by molar-refractivity contribution is 8.27. The minimum atomic E-state index is -0.476. The molecule has 0 fully saturated rings. The van der Waals surface area contributed by atoms with Gasteiger partial charge in [0.15, 0.2) is 5.84 Å². The highest BCUT2D eigenvalue weighted by Gasteiger charge is 2.36. The first-order chi connectivity index (χ1) is 16.4. The maximum absolute atomic E-state index is 13.3. The minimum Gasteiger partial charge on any atom is -0.318 e. The van der Waals surface area contributed by atoms with E-state index in [1.165, 1.54) is 34.5 Å². The van der Waals surface area contributed by atoms with Crippen LogP contribution in [0.4, 0.5) is 4.39 Å². The average Bonchev–Trinajstić information content (AvgIpc) is 3.37. The molecule has 2 aliphatic rings. The summed E-state index contributed by atoms with van der Waals surface area (Å²) in [6.45, 7) is 6.14. The van der Waals surface area contributed by atoms with Crippen molar-refractivity contribution >= 4 is 39.8 Å². The van der Waals surface area contributed by atoms with Gasteiger partial charge < -0.3 is 4.57 Å². The summed E-state index contributed by atoms with van der Waals surface area (Å²) in [4.78, 5) is 17.0. The Kier molecular flexibility index (Phi) is 5.53. The number of nitrogens with one attached hydrogen (secondary N) is 1. The first kappa shape index (κ1) is 22.0. The summed E-state index contributed by atoms with van der Waals surface area (Å²) in [5.41, 5.74) is 6.04. The van der Waals surface area contributed by atoms with Gasteiger partial charge in [-0.2, -0.15) is 15.1 Å². The van der Waals surface area contributed by atoms with Gasteiger partial charge in [0.05, 0.1) is 5.57 Å². The fourth-order valence-corrected chi connectivity index (χ4v) is 4.97. The molecule has 0 saturated carbocycles. The number of halogens is 1. The fraction of sp³-hybridized carbons (Fsp3) is 0.154. The molecular formula is C26H22FN5OS. The molecule has 3 aromatic rings. The van der Waals surface area contributed by atoms with Crippen LogP contribution in [-0.2, 0) is 11.2 Å². The number of aromatic nitrogens is 1. The van der Waals surface area contributed by atoms with Crippen LogP contribution in [0.25, 0.3) is 11.8 Å². The van der Waals surface area contributed by atoms with Crippen LogP contribution >= 0.6 is 11.8 Å². The van der Waals surface area contributed by atoms with Gasteiger partial charge in [-0.05, 0) is 91.7 Å². The number of rotatable bonds is 4. The van der Waals surface area contributed by atoms with Crippen molar-refractivity contribution in [2.75, 3.05) is 0 Å². The number of thioether (sulfide) groups is 1. The van der Waals surface area contributed by atoms with Crippen LogP contribution in [0.3, 0.4) is 0 Å². The van der Waals surface area contributed by atoms with E-state index in [4.69, 9.17) is 5.41 Å². The highest BCUT2D eigenvalue weighted by Crippen LogP contribution is 2.32. The zero-order chi connectivity index (χ0) is 24.0. The smallest absolute Gasteiger partial charge is 0.283 e. The molecule has 3 heterocycles. The Morgan fingerprint density at radius 1 is 1.09 bits per heavy atom. The van der Waals surface area contributed by atoms with Crippen molar-refractivity contribution in [2.24, 2.45) is 10.1 Å². The molecular weight excluding hydrogens is 449 g/mol. The minimum absolute atomic E-state index is 0.0308. The molecule has 1 aromatic heterocycles. The standard InChI is InChI=1S/C26H22FN5OS/c1-4-17-5-11-21(12-6-17)31-15(2)13-19(16(31)3)14-22-23(28)32-26(29-24(22)33)34-25(30-32)18-7-9-20(27)10-8-18/h5-14,28H,4H2,1-3H3. The van der Waals surface area contributed by atoms with Crippen LogP contribution in [0.2, 0.25) is 0 Å².